The highest BCUT2D eigenvalue weighted by Gasteiger charge is 1.92. The Balaban J connectivity index is 2.79. The van der Waals surface area contributed by atoms with Gasteiger partial charge in [0.25, 0.3) is 0 Å². The predicted octanol–water partition coefficient (Wildman–Crippen LogP) is 1.76. The highest BCUT2D eigenvalue weighted by molar-refractivity contribution is 7.93. The van der Waals surface area contributed by atoms with E-state index in [-0.39, 0.29) is 0 Å². The fourth-order valence-corrected chi connectivity index (χ4v) is 1.67. The second kappa shape index (κ2) is 3.19. The summed E-state index contributed by atoms with van der Waals surface area (Å²) in [5.41, 5.74) is 0. The monoisotopic (exact) mass is 188 g/mol. The first-order valence-corrected chi connectivity index (χ1v) is 5.83. The molecule has 1 rings (SSSR count). The number of thiophene rings is 1. The van der Waals surface area contributed by atoms with Gasteiger partial charge in [-0.2, -0.15) is 0 Å². The van der Waals surface area contributed by atoms with Crippen LogP contribution in [0.2, 0.25) is 0 Å². The van der Waals surface area contributed by atoms with E-state index < -0.39 is 9.84 Å². The highest BCUT2D eigenvalue weighted by Crippen LogP contribution is 2.10. The lowest BCUT2D eigenvalue weighted by Crippen LogP contribution is -1.86. The summed E-state index contributed by atoms with van der Waals surface area (Å²) in [6.07, 6.45) is 2.77. The van der Waals surface area contributed by atoms with Gasteiger partial charge in [0, 0.05) is 16.5 Å². The largest absolute Gasteiger partial charge is 0.225 e. The second-order valence-corrected chi connectivity index (χ2v) is 5.06. The highest BCUT2D eigenvalue weighted by atomic mass is 32.2. The molecule has 60 valence electrons. The molecule has 0 N–H and O–H groups in total. The summed E-state index contributed by atoms with van der Waals surface area (Å²) >= 11 is 1.51. The van der Waals surface area contributed by atoms with E-state index in [0.717, 1.165) is 4.88 Å². The van der Waals surface area contributed by atoms with Gasteiger partial charge in [-0.3, -0.25) is 0 Å². The molecule has 0 amide bonds. The molecule has 1 aromatic rings. The zero-order chi connectivity index (χ0) is 8.32. The van der Waals surface area contributed by atoms with Crippen molar-refractivity contribution in [1.29, 1.82) is 0 Å². The van der Waals surface area contributed by atoms with Gasteiger partial charge in [-0.05, 0) is 17.5 Å². The van der Waals surface area contributed by atoms with Gasteiger partial charge >= 0.3 is 0 Å². The molecule has 0 aliphatic heterocycles. The number of hydrogen-bond donors (Lipinski definition) is 0. The van der Waals surface area contributed by atoms with E-state index in [1.807, 2.05) is 17.5 Å². The van der Waals surface area contributed by atoms with Gasteiger partial charge in [0.2, 0.25) is 0 Å². The van der Waals surface area contributed by atoms with Gasteiger partial charge in [0.05, 0.1) is 0 Å². The van der Waals surface area contributed by atoms with Crippen LogP contribution in [0, 0.1) is 0 Å². The van der Waals surface area contributed by atoms with E-state index in [1.165, 1.54) is 23.0 Å². The van der Waals surface area contributed by atoms with Crippen LogP contribution in [-0.4, -0.2) is 14.7 Å². The lowest BCUT2D eigenvalue weighted by Gasteiger charge is -1.83. The molecule has 0 saturated carbocycles. The molecule has 11 heavy (non-hydrogen) atoms. The minimum atomic E-state index is -2.97. The Morgan fingerprint density at radius 1 is 1.55 bits per heavy atom. The molecular formula is C7H8O2S2. The van der Waals surface area contributed by atoms with Crippen LogP contribution in [0.15, 0.2) is 22.9 Å². The normalized spacial score (nSPS) is 12.5. The SMILES string of the molecule is CS(=O)(=O)C=Cc1cccs1. The molecular weight excluding hydrogens is 180 g/mol. The first-order valence-electron chi connectivity index (χ1n) is 2.99. The van der Waals surface area contributed by atoms with Gasteiger partial charge in [-0.15, -0.1) is 11.3 Å². The maximum absolute atomic E-state index is 10.6. The summed E-state index contributed by atoms with van der Waals surface area (Å²) in [5.74, 6) is 0. The van der Waals surface area contributed by atoms with Crippen LogP contribution in [0.3, 0.4) is 0 Å². The zero-order valence-electron chi connectivity index (χ0n) is 6.02. The van der Waals surface area contributed by atoms with Gasteiger partial charge in [0.15, 0.2) is 9.84 Å². The Labute approximate surface area is 70.1 Å². The van der Waals surface area contributed by atoms with Crippen molar-refractivity contribution in [3.05, 3.63) is 27.8 Å². The summed E-state index contributed by atoms with van der Waals surface area (Å²) in [6.45, 7) is 0. The van der Waals surface area contributed by atoms with E-state index in [4.69, 9.17) is 0 Å². The fourth-order valence-electron chi connectivity index (χ4n) is 0.577. The van der Waals surface area contributed by atoms with Crippen LogP contribution in [0.1, 0.15) is 4.88 Å². The van der Waals surface area contributed by atoms with Crippen molar-refractivity contribution in [1.82, 2.24) is 0 Å². The van der Waals surface area contributed by atoms with Gasteiger partial charge < -0.3 is 0 Å². The van der Waals surface area contributed by atoms with Crippen molar-refractivity contribution < 1.29 is 8.42 Å². The standard InChI is InChI=1S/C7H8O2S2/c1-11(8,9)6-4-7-3-2-5-10-7/h2-6H,1H3. The van der Waals surface area contributed by atoms with Crippen molar-refractivity contribution in [3.8, 4) is 0 Å². The van der Waals surface area contributed by atoms with Crippen molar-refractivity contribution >= 4 is 27.3 Å². The average molecular weight is 188 g/mol. The third-order valence-electron chi connectivity index (χ3n) is 1.02. The molecule has 0 bridgehead atoms. The maximum atomic E-state index is 10.6. The van der Waals surface area contributed by atoms with Crippen LogP contribution in [-0.2, 0) is 9.84 Å². The van der Waals surface area contributed by atoms with Crippen molar-refractivity contribution in [2.45, 2.75) is 0 Å². The lowest BCUT2D eigenvalue weighted by atomic mass is 10.5. The van der Waals surface area contributed by atoms with E-state index in [2.05, 4.69) is 0 Å². The molecule has 4 heteroatoms. The van der Waals surface area contributed by atoms with Gasteiger partial charge in [-0.1, -0.05) is 6.07 Å². The Bertz CT molecular complexity index is 333. The van der Waals surface area contributed by atoms with Gasteiger partial charge in [-0.25, -0.2) is 8.42 Å². The first kappa shape index (κ1) is 8.49. The number of rotatable bonds is 2. The van der Waals surface area contributed by atoms with Crippen LogP contribution in [0.25, 0.3) is 6.08 Å². The van der Waals surface area contributed by atoms with Gasteiger partial charge in [0.1, 0.15) is 0 Å². The van der Waals surface area contributed by atoms with Crippen LogP contribution in [0.5, 0.6) is 0 Å². The molecule has 0 aliphatic carbocycles. The minimum Gasteiger partial charge on any atom is -0.225 e. The summed E-state index contributed by atoms with van der Waals surface area (Å²) in [5, 5.41) is 3.11. The Hall–Kier alpha value is -0.610. The van der Waals surface area contributed by atoms with Crippen molar-refractivity contribution in [3.63, 3.8) is 0 Å². The topological polar surface area (TPSA) is 34.1 Å². The van der Waals surface area contributed by atoms with E-state index >= 15 is 0 Å². The summed E-state index contributed by atoms with van der Waals surface area (Å²) in [4.78, 5) is 0.954. The van der Waals surface area contributed by atoms with Crippen molar-refractivity contribution in [2.75, 3.05) is 6.26 Å². The Kier molecular flexibility index (Phi) is 2.46. The first-order chi connectivity index (χ1) is 5.08. The molecule has 0 unspecified atom stereocenters. The smallest absolute Gasteiger partial charge is 0.168 e. The Morgan fingerprint density at radius 3 is 2.73 bits per heavy atom. The zero-order valence-corrected chi connectivity index (χ0v) is 7.65. The Morgan fingerprint density at radius 2 is 2.27 bits per heavy atom. The molecule has 0 atom stereocenters. The average Bonchev–Trinajstić information content (AvgIpc) is 2.32. The molecule has 0 spiro atoms. The molecule has 0 aromatic carbocycles. The van der Waals surface area contributed by atoms with Crippen molar-refractivity contribution in [2.24, 2.45) is 0 Å². The van der Waals surface area contributed by atoms with Crippen LogP contribution >= 0.6 is 11.3 Å². The summed E-state index contributed by atoms with van der Waals surface area (Å²) < 4.78 is 21.3. The predicted molar refractivity (Wildman–Crippen MR) is 48.2 cm³/mol. The molecule has 0 saturated heterocycles. The number of hydrogen-bond acceptors (Lipinski definition) is 3. The molecule has 0 radical (unpaired) electrons. The third-order valence-corrected chi connectivity index (χ3v) is 2.49. The molecule has 1 heterocycles. The van der Waals surface area contributed by atoms with E-state index in [0.29, 0.717) is 0 Å². The van der Waals surface area contributed by atoms with E-state index in [1.54, 1.807) is 6.08 Å². The molecule has 0 aliphatic rings. The second-order valence-electron chi connectivity index (χ2n) is 2.15. The minimum absolute atomic E-state index is 0.954. The lowest BCUT2D eigenvalue weighted by molar-refractivity contribution is 0.610. The van der Waals surface area contributed by atoms with E-state index in [9.17, 15) is 8.42 Å². The number of sulfone groups is 1. The quantitative estimate of drug-likeness (QED) is 0.708. The summed E-state index contributed by atoms with van der Waals surface area (Å²) in [6, 6.07) is 3.75. The summed E-state index contributed by atoms with van der Waals surface area (Å²) in [7, 11) is -2.97. The molecule has 0 fully saturated rings. The maximum Gasteiger partial charge on any atom is 0.168 e. The molecule has 1 aromatic heterocycles. The third kappa shape index (κ3) is 3.34. The fraction of sp³-hybridized carbons (Fsp3) is 0.143. The molecule has 2 nitrogen and oxygen atoms in total. The van der Waals surface area contributed by atoms with Crippen LogP contribution < -0.4 is 0 Å². The van der Waals surface area contributed by atoms with Crippen LogP contribution in [0.4, 0.5) is 0 Å².